The van der Waals surface area contributed by atoms with Gasteiger partial charge in [-0.2, -0.15) is 0 Å². The molecule has 12 nitrogen and oxygen atoms in total. The van der Waals surface area contributed by atoms with Crippen LogP contribution in [0.15, 0.2) is 48.5 Å². The number of carboxylic acid groups (broad SMARTS) is 1. The first-order valence-electron chi connectivity index (χ1n) is 8.01. The van der Waals surface area contributed by atoms with Crippen LogP contribution in [0.1, 0.15) is 11.7 Å². The number of aliphatic hydroxyl groups is 1. The molecule has 2 atom stereocenters. The van der Waals surface area contributed by atoms with Gasteiger partial charge in [-0.1, -0.05) is 12.1 Å². The zero-order valence-corrected chi connectivity index (χ0v) is 14.6. The van der Waals surface area contributed by atoms with Gasteiger partial charge in [0.15, 0.2) is 12.6 Å². The Bertz CT molecular complexity index is 930. The van der Waals surface area contributed by atoms with E-state index in [0.29, 0.717) is 0 Å². The van der Waals surface area contributed by atoms with E-state index in [1.807, 2.05) is 0 Å². The second-order valence-corrected chi connectivity index (χ2v) is 5.72. The summed E-state index contributed by atoms with van der Waals surface area (Å²) in [7, 11) is 0. The van der Waals surface area contributed by atoms with Gasteiger partial charge in [0.2, 0.25) is 0 Å². The van der Waals surface area contributed by atoms with Crippen LogP contribution in [0.2, 0.25) is 0 Å². The minimum absolute atomic E-state index is 0.0665. The summed E-state index contributed by atoms with van der Waals surface area (Å²) in [5.41, 5.74) is -0.588. The van der Waals surface area contributed by atoms with Crippen LogP contribution in [0.25, 0.3) is 0 Å². The highest BCUT2D eigenvalue weighted by atomic mass is 16.6. The molecule has 0 saturated carbocycles. The standard InChI is InChI=1S/C17H15N3O9/c21-14(9-29-13-6-4-11(5-7-13)19(25)26)18-15(17(23)24)16(22)10-2-1-3-12(8-10)20(27)28/h1-8,15-16,22H,9H2,(H,18,21)(H,23,24)/t15-,16-/m1/s1. The third-order valence-corrected chi connectivity index (χ3v) is 3.74. The number of hydrogen-bond acceptors (Lipinski definition) is 8. The predicted molar refractivity (Wildman–Crippen MR) is 96.2 cm³/mol. The molecule has 0 heterocycles. The maximum Gasteiger partial charge on any atom is 0.329 e. The van der Waals surface area contributed by atoms with Crippen molar-refractivity contribution in [2.45, 2.75) is 12.1 Å². The minimum Gasteiger partial charge on any atom is -0.484 e. The van der Waals surface area contributed by atoms with E-state index >= 15 is 0 Å². The average molecular weight is 405 g/mol. The molecule has 152 valence electrons. The Labute approximate surface area is 162 Å². The van der Waals surface area contributed by atoms with Crippen molar-refractivity contribution in [2.75, 3.05) is 6.61 Å². The lowest BCUT2D eigenvalue weighted by molar-refractivity contribution is -0.385. The van der Waals surface area contributed by atoms with Gasteiger partial charge in [0, 0.05) is 24.3 Å². The van der Waals surface area contributed by atoms with E-state index in [2.05, 4.69) is 5.32 Å². The molecule has 0 saturated heterocycles. The highest BCUT2D eigenvalue weighted by molar-refractivity contribution is 5.85. The highest BCUT2D eigenvalue weighted by Gasteiger charge is 2.30. The molecule has 0 fully saturated rings. The third kappa shape index (κ3) is 5.71. The lowest BCUT2D eigenvalue weighted by Gasteiger charge is -2.20. The van der Waals surface area contributed by atoms with E-state index in [0.717, 1.165) is 6.07 Å². The summed E-state index contributed by atoms with van der Waals surface area (Å²) in [5, 5.41) is 43.0. The van der Waals surface area contributed by atoms with Crippen LogP contribution in [0.3, 0.4) is 0 Å². The number of non-ortho nitro benzene ring substituents is 2. The smallest absolute Gasteiger partial charge is 0.329 e. The van der Waals surface area contributed by atoms with E-state index in [9.17, 15) is 40.0 Å². The lowest BCUT2D eigenvalue weighted by atomic mass is 10.0. The second kappa shape index (κ2) is 9.23. The van der Waals surface area contributed by atoms with Crippen LogP contribution >= 0.6 is 0 Å². The van der Waals surface area contributed by atoms with Gasteiger partial charge in [0.25, 0.3) is 17.3 Å². The molecule has 29 heavy (non-hydrogen) atoms. The van der Waals surface area contributed by atoms with Crippen LogP contribution in [0.5, 0.6) is 5.75 Å². The maximum absolute atomic E-state index is 12.0. The molecular formula is C17H15N3O9. The summed E-state index contributed by atoms with van der Waals surface area (Å²) in [5.74, 6) is -2.32. The summed E-state index contributed by atoms with van der Waals surface area (Å²) >= 11 is 0. The first-order chi connectivity index (χ1) is 13.7. The number of nitrogens with one attached hydrogen (secondary N) is 1. The molecule has 0 spiro atoms. The van der Waals surface area contributed by atoms with Gasteiger partial charge in [0.05, 0.1) is 9.85 Å². The number of ether oxygens (including phenoxy) is 1. The van der Waals surface area contributed by atoms with Crippen LogP contribution < -0.4 is 10.1 Å². The van der Waals surface area contributed by atoms with Gasteiger partial charge in [-0.15, -0.1) is 0 Å². The topological polar surface area (TPSA) is 182 Å². The Morgan fingerprint density at radius 2 is 1.66 bits per heavy atom. The number of nitro groups is 2. The van der Waals surface area contributed by atoms with Crippen LogP contribution in [0, 0.1) is 20.2 Å². The van der Waals surface area contributed by atoms with Gasteiger partial charge < -0.3 is 20.3 Å². The van der Waals surface area contributed by atoms with Crippen molar-refractivity contribution in [2.24, 2.45) is 0 Å². The maximum atomic E-state index is 12.0. The molecule has 2 rings (SSSR count). The molecule has 2 aromatic rings. The zero-order valence-electron chi connectivity index (χ0n) is 14.6. The molecular weight excluding hydrogens is 390 g/mol. The summed E-state index contributed by atoms with van der Waals surface area (Å²) < 4.78 is 5.12. The van der Waals surface area contributed by atoms with E-state index in [-0.39, 0.29) is 22.7 Å². The number of benzene rings is 2. The van der Waals surface area contributed by atoms with E-state index in [4.69, 9.17) is 4.74 Å². The van der Waals surface area contributed by atoms with Crippen molar-refractivity contribution < 1.29 is 34.4 Å². The van der Waals surface area contributed by atoms with Crippen molar-refractivity contribution in [3.8, 4) is 5.75 Å². The summed E-state index contributed by atoms with van der Waals surface area (Å²) in [6.07, 6.45) is -1.75. The van der Waals surface area contributed by atoms with Gasteiger partial charge in [-0.05, 0) is 17.7 Å². The largest absolute Gasteiger partial charge is 0.484 e. The molecule has 0 unspecified atom stereocenters. The van der Waals surface area contributed by atoms with Crippen molar-refractivity contribution in [1.29, 1.82) is 0 Å². The number of carbonyl (C=O) groups is 2. The Morgan fingerprint density at radius 1 is 1.03 bits per heavy atom. The number of hydrogen-bond donors (Lipinski definition) is 3. The van der Waals surface area contributed by atoms with E-state index < -0.39 is 40.5 Å². The minimum atomic E-state index is -1.79. The fraction of sp³-hybridized carbons (Fsp3) is 0.176. The molecule has 0 aliphatic heterocycles. The zero-order chi connectivity index (χ0) is 21.6. The monoisotopic (exact) mass is 405 g/mol. The van der Waals surface area contributed by atoms with Gasteiger partial charge >= 0.3 is 5.97 Å². The number of carboxylic acids is 1. The third-order valence-electron chi connectivity index (χ3n) is 3.74. The fourth-order valence-electron chi connectivity index (χ4n) is 2.32. The summed E-state index contributed by atoms with van der Waals surface area (Å²) in [6.45, 7) is -0.622. The number of rotatable bonds is 9. The van der Waals surface area contributed by atoms with Crippen LogP contribution in [0.4, 0.5) is 11.4 Å². The molecule has 0 aromatic heterocycles. The molecule has 0 radical (unpaired) electrons. The first-order valence-corrected chi connectivity index (χ1v) is 8.01. The molecule has 2 aromatic carbocycles. The molecule has 0 aliphatic carbocycles. The van der Waals surface area contributed by atoms with E-state index in [1.165, 1.54) is 42.5 Å². The van der Waals surface area contributed by atoms with Crippen LogP contribution in [-0.4, -0.2) is 44.6 Å². The van der Waals surface area contributed by atoms with Gasteiger partial charge in [-0.3, -0.25) is 25.0 Å². The van der Waals surface area contributed by atoms with Crippen molar-refractivity contribution in [1.82, 2.24) is 5.32 Å². The molecule has 3 N–H and O–H groups in total. The van der Waals surface area contributed by atoms with Gasteiger partial charge in [0.1, 0.15) is 11.9 Å². The normalized spacial score (nSPS) is 12.4. The SMILES string of the molecule is O=C(COc1ccc([N+](=O)[O-])cc1)N[C@@H](C(=O)O)[C@H](O)c1cccc([N+](=O)[O-])c1. The summed E-state index contributed by atoms with van der Waals surface area (Å²) in [4.78, 5) is 43.5. The Hall–Kier alpha value is -4.06. The number of aliphatic hydroxyl groups excluding tert-OH is 1. The van der Waals surface area contributed by atoms with Gasteiger partial charge in [-0.25, -0.2) is 4.79 Å². The first kappa shape index (κ1) is 21.2. The Morgan fingerprint density at radius 3 is 2.21 bits per heavy atom. The molecule has 0 bridgehead atoms. The summed E-state index contributed by atoms with van der Waals surface area (Å²) in [6, 6.07) is 7.80. The number of nitro benzene ring substituents is 2. The van der Waals surface area contributed by atoms with E-state index in [1.54, 1.807) is 0 Å². The molecule has 12 heteroatoms. The Kier molecular flexibility index (Phi) is 6.76. The Balaban J connectivity index is 2.03. The quantitative estimate of drug-likeness (QED) is 0.407. The van der Waals surface area contributed by atoms with Crippen molar-refractivity contribution >= 4 is 23.3 Å². The predicted octanol–water partition coefficient (Wildman–Crippen LogP) is 1.18. The molecule has 1 amide bonds. The van der Waals surface area contributed by atoms with Crippen molar-refractivity contribution in [3.05, 3.63) is 74.3 Å². The lowest BCUT2D eigenvalue weighted by Crippen LogP contribution is -2.46. The fourth-order valence-corrected chi connectivity index (χ4v) is 2.32. The highest BCUT2D eigenvalue weighted by Crippen LogP contribution is 2.22. The number of carbonyl (C=O) groups excluding carboxylic acids is 1. The average Bonchev–Trinajstić information content (AvgIpc) is 2.70. The number of nitrogens with zero attached hydrogens (tertiary/aromatic N) is 2. The van der Waals surface area contributed by atoms with Crippen LogP contribution in [-0.2, 0) is 9.59 Å². The second-order valence-electron chi connectivity index (χ2n) is 5.72. The number of aliphatic carboxylic acids is 1. The number of amides is 1. The molecule has 0 aliphatic rings. The van der Waals surface area contributed by atoms with Crippen molar-refractivity contribution in [3.63, 3.8) is 0 Å².